The highest BCUT2D eigenvalue weighted by molar-refractivity contribution is 5.74. The van der Waals surface area contributed by atoms with Gasteiger partial charge in [0.05, 0.1) is 29.8 Å². The third kappa shape index (κ3) is 2.73. The average Bonchev–Trinajstić information content (AvgIpc) is 3.16. The number of carbonyl (C=O) groups is 1. The van der Waals surface area contributed by atoms with E-state index >= 15 is 0 Å². The third-order valence-corrected chi connectivity index (χ3v) is 4.07. The lowest BCUT2D eigenvalue weighted by atomic mass is 10.1. The predicted molar refractivity (Wildman–Crippen MR) is 82.9 cm³/mol. The number of hydrogen-bond acceptors (Lipinski definition) is 4. The molecule has 0 saturated carbocycles. The van der Waals surface area contributed by atoms with Gasteiger partial charge in [0.15, 0.2) is 0 Å². The van der Waals surface area contributed by atoms with Crippen LogP contribution < -0.4 is 0 Å². The molecule has 3 rings (SSSR count). The van der Waals surface area contributed by atoms with Gasteiger partial charge >= 0.3 is 0 Å². The van der Waals surface area contributed by atoms with Gasteiger partial charge in [-0.25, -0.2) is 4.98 Å². The van der Waals surface area contributed by atoms with Crippen LogP contribution in [-0.4, -0.2) is 37.1 Å². The molecule has 3 heterocycles. The molecule has 1 aliphatic heterocycles. The van der Waals surface area contributed by atoms with Crippen molar-refractivity contribution in [3.63, 3.8) is 0 Å². The molecule has 2 aromatic rings. The minimum Gasteiger partial charge on any atom is -0.334 e. The molecular formula is C16H21N5O. The van der Waals surface area contributed by atoms with Crippen molar-refractivity contribution in [2.75, 3.05) is 6.54 Å². The van der Waals surface area contributed by atoms with Crippen molar-refractivity contribution in [2.45, 2.75) is 45.7 Å². The molecule has 116 valence electrons. The fourth-order valence-electron chi connectivity index (χ4n) is 3.06. The first-order chi connectivity index (χ1) is 10.7. The van der Waals surface area contributed by atoms with Crippen molar-refractivity contribution in [3.8, 4) is 11.4 Å². The molecule has 1 fully saturated rings. The summed E-state index contributed by atoms with van der Waals surface area (Å²) in [5.74, 6) is 0.103. The van der Waals surface area contributed by atoms with Crippen molar-refractivity contribution < 1.29 is 4.79 Å². The maximum atomic E-state index is 11.7. The molecule has 0 spiro atoms. The Bertz CT molecular complexity index is 666. The first-order valence-electron chi connectivity index (χ1n) is 7.82. The molecule has 0 aliphatic carbocycles. The van der Waals surface area contributed by atoms with E-state index in [1.807, 2.05) is 15.6 Å². The summed E-state index contributed by atoms with van der Waals surface area (Å²) in [6.45, 7) is 5.40. The van der Waals surface area contributed by atoms with Crippen LogP contribution in [0.3, 0.4) is 0 Å². The Morgan fingerprint density at radius 3 is 3.05 bits per heavy atom. The van der Waals surface area contributed by atoms with Crippen molar-refractivity contribution in [2.24, 2.45) is 0 Å². The van der Waals surface area contributed by atoms with Gasteiger partial charge in [-0.2, -0.15) is 5.10 Å². The number of aromatic nitrogens is 4. The number of rotatable bonds is 4. The lowest BCUT2D eigenvalue weighted by molar-refractivity contribution is -0.129. The van der Waals surface area contributed by atoms with Crippen molar-refractivity contribution in [1.82, 2.24) is 24.6 Å². The van der Waals surface area contributed by atoms with Crippen LogP contribution in [0.2, 0.25) is 0 Å². The SMILES string of the molecule is CCCn1nccc1-c1cncc(C2CCCN2C(C)=O)n1. The first-order valence-corrected chi connectivity index (χ1v) is 7.82. The summed E-state index contributed by atoms with van der Waals surface area (Å²) >= 11 is 0. The van der Waals surface area contributed by atoms with Gasteiger partial charge in [0.25, 0.3) is 0 Å². The Hall–Kier alpha value is -2.24. The molecular weight excluding hydrogens is 278 g/mol. The van der Waals surface area contributed by atoms with Gasteiger partial charge in [-0.05, 0) is 25.3 Å². The van der Waals surface area contributed by atoms with E-state index in [0.717, 1.165) is 49.4 Å². The topological polar surface area (TPSA) is 63.9 Å². The predicted octanol–water partition coefficient (Wildman–Crippen LogP) is 2.43. The summed E-state index contributed by atoms with van der Waals surface area (Å²) in [5.41, 5.74) is 2.66. The fourth-order valence-corrected chi connectivity index (χ4v) is 3.06. The van der Waals surface area contributed by atoms with Gasteiger partial charge in [0.1, 0.15) is 5.69 Å². The summed E-state index contributed by atoms with van der Waals surface area (Å²) in [6.07, 6.45) is 8.31. The minimum atomic E-state index is 0.0486. The van der Waals surface area contributed by atoms with E-state index in [1.54, 1.807) is 25.5 Å². The van der Waals surface area contributed by atoms with Crippen molar-refractivity contribution in [1.29, 1.82) is 0 Å². The van der Waals surface area contributed by atoms with Crippen molar-refractivity contribution in [3.05, 3.63) is 30.4 Å². The van der Waals surface area contributed by atoms with Crippen LogP contribution in [-0.2, 0) is 11.3 Å². The lowest BCUT2D eigenvalue weighted by Crippen LogP contribution is -2.28. The molecule has 0 aromatic carbocycles. The molecule has 0 N–H and O–H groups in total. The van der Waals surface area contributed by atoms with Crippen molar-refractivity contribution >= 4 is 5.91 Å². The van der Waals surface area contributed by atoms with Crippen LogP contribution in [0.4, 0.5) is 0 Å². The zero-order chi connectivity index (χ0) is 15.5. The Labute approximate surface area is 130 Å². The number of aryl methyl sites for hydroxylation is 1. The van der Waals surface area contributed by atoms with Gasteiger partial charge in [-0.3, -0.25) is 14.5 Å². The molecule has 1 unspecified atom stereocenters. The Kier molecular flexibility index (Phi) is 4.18. The molecule has 1 atom stereocenters. The van der Waals surface area contributed by atoms with Crippen LogP contribution in [0, 0.1) is 0 Å². The summed E-state index contributed by atoms with van der Waals surface area (Å²) < 4.78 is 1.95. The van der Waals surface area contributed by atoms with E-state index in [2.05, 4.69) is 17.0 Å². The van der Waals surface area contributed by atoms with E-state index in [0.29, 0.717) is 0 Å². The van der Waals surface area contributed by atoms with Gasteiger partial charge in [0.2, 0.25) is 5.91 Å². The normalized spacial score (nSPS) is 17.9. The van der Waals surface area contributed by atoms with Gasteiger partial charge in [0, 0.05) is 26.2 Å². The summed E-state index contributed by atoms with van der Waals surface area (Å²) in [7, 11) is 0. The van der Waals surface area contributed by atoms with Gasteiger partial charge in [-0.1, -0.05) is 6.92 Å². The summed E-state index contributed by atoms with van der Waals surface area (Å²) in [4.78, 5) is 22.7. The molecule has 1 aliphatic rings. The molecule has 1 saturated heterocycles. The van der Waals surface area contributed by atoms with E-state index in [1.165, 1.54) is 0 Å². The molecule has 1 amide bonds. The number of likely N-dealkylation sites (tertiary alicyclic amines) is 1. The van der Waals surface area contributed by atoms with Crippen LogP contribution in [0.25, 0.3) is 11.4 Å². The number of nitrogens with zero attached hydrogens (tertiary/aromatic N) is 5. The standard InChI is InChI=1S/C16H21N5O/c1-3-8-21-16(6-7-18-21)14-11-17-10-13(19-14)15-5-4-9-20(15)12(2)22/h6-7,10-11,15H,3-5,8-9H2,1-2H3. The lowest BCUT2D eigenvalue weighted by Gasteiger charge is -2.22. The van der Waals surface area contributed by atoms with Crippen LogP contribution in [0.5, 0.6) is 0 Å². The monoisotopic (exact) mass is 299 g/mol. The smallest absolute Gasteiger partial charge is 0.220 e. The van der Waals surface area contributed by atoms with E-state index in [9.17, 15) is 4.79 Å². The summed E-state index contributed by atoms with van der Waals surface area (Å²) in [5, 5.41) is 4.34. The number of amides is 1. The van der Waals surface area contributed by atoms with E-state index < -0.39 is 0 Å². The Morgan fingerprint density at radius 2 is 2.27 bits per heavy atom. The first kappa shape index (κ1) is 14.7. The Morgan fingerprint density at radius 1 is 1.41 bits per heavy atom. The molecule has 2 aromatic heterocycles. The second-order valence-corrected chi connectivity index (χ2v) is 5.64. The fraction of sp³-hybridized carbons (Fsp3) is 0.500. The second-order valence-electron chi connectivity index (χ2n) is 5.64. The molecule has 0 bridgehead atoms. The molecule has 6 nitrogen and oxygen atoms in total. The largest absolute Gasteiger partial charge is 0.334 e. The number of hydrogen-bond donors (Lipinski definition) is 0. The second kappa shape index (κ2) is 6.25. The highest BCUT2D eigenvalue weighted by Crippen LogP contribution is 2.31. The maximum Gasteiger partial charge on any atom is 0.220 e. The highest BCUT2D eigenvalue weighted by Gasteiger charge is 2.29. The minimum absolute atomic E-state index is 0.0486. The van der Waals surface area contributed by atoms with Crippen LogP contribution in [0.15, 0.2) is 24.7 Å². The van der Waals surface area contributed by atoms with Crippen LogP contribution in [0.1, 0.15) is 44.8 Å². The molecule has 0 radical (unpaired) electrons. The zero-order valence-corrected chi connectivity index (χ0v) is 13.1. The highest BCUT2D eigenvalue weighted by atomic mass is 16.2. The molecule has 6 heteroatoms. The number of carbonyl (C=O) groups excluding carboxylic acids is 1. The van der Waals surface area contributed by atoms with E-state index in [4.69, 9.17) is 4.98 Å². The van der Waals surface area contributed by atoms with Gasteiger partial charge < -0.3 is 4.90 Å². The zero-order valence-electron chi connectivity index (χ0n) is 13.1. The van der Waals surface area contributed by atoms with Crippen LogP contribution >= 0.6 is 0 Å². The molecule has 22 heavy (non-hydrogen) atoms. The average molecular weight is 299 g/mol. The summed E-state index contributed by atoms with van der Waals surface area (Å²) in [6, 6.07) is 2.01. The van der Waals surface area contributed by atoms with E-state index in [-0.39, 0.29) is 11.9 Å². The third-order valence-electron chi connectivity index (χ3n) is 4.07. The Balaban J connectivity index is 1.92. The maximum absolute atomic E-state index is 11.7. The quantitative estimate of drug-likeness (QED) is 0.870. The van der Waals surface area contributed by atoms with Gasteiger partial charge in [-0.15, -0.1) is 0 Å².